The first kappa shape index (κ1) is 13.6. The molecule has 1 aromatic rings. The lowest BCUT2D eigenvalue weighted by Crippen LogP contribution is -2.46. The number of ether oxygens (including phenoxy) is 1. The first-order valence-corrected chi connectivity index (χ1v) is 6.61. The highest BCUT2D eigenvalue weighted by atomic mass is 16.5. The van der Waals surface area contributed by atoms with Crippen molar-refractivity contribution < 1.29 is 9.53 Å². The SMILES string of the molecule is CCC(C(=O)N1CCOC(C#N)C1)c1ccccc1. The van der Waals surface area contributed by atoms with Gasteiger partial charge >= 0.3 is 0 Å². The van der Waals surface area contributed by atoms with E-state index in [9.17, 15) is 4.79 Å². The highest BCUT2D eigenvalue weighted by Gasteiger charge is 2.29. The zero-order chi connectivity index (χ0) is 13.7. The summed E-state index contributed by atoms with van der Waals surface area (Å²) in [5.41, 5.74) is 1.04. The largest absolute Gasteiger partial charge is 0.360 e. The van der Waals surface area contributed by atoms with Crippen molar-refractivity contribution in [2.24, 2.45) is 0 Å². The number of rotatable bonds is 3. The zero-order valence-electron chi connectivity index (χ0n) is 11.1. The molecule has 0 spiro atoms. The molecule has 2 unspecified atom stereocenters. The highest BCUT2D eigenvalue weighted by molar-refractivity contribution is 5.83. The van der Waals surface area contributed by atoms with Gasteiger partial charge in [-0.2, -0.15) is 5.26 Å². The quantitative estimate of drug-likeness (QED) is 0.832. The Morgan fingerprint density at radius 2 is 2.26 bits per heavy atom. The number of amides is 1. The van der Waals surface area contributed by atoms with Crippen LogP contribution in [0.15, 0.2) is 30.3 Å². The summed E-state index contributed by atoms with van der Waals surface area (Å²) >= 11 is 0. The third-order valence-corrected chi connectivity index (χ3v) is 3.43. The molecule has 1 amide bonds. The van der Waals surface area contributed by atoms with E-state index >= 15 is 0 Å². The number of carbonyl (C=O) groups is 1. The van der Waals surface area contributed by atoms with Crippen LogP contribution < -0.4 is 0 Å². The Morgan fingerprint density at radius 1 is 1.53 bits per heavy atom. The van der Waals surface area contributed by atoms with Crippen molar-refractivity contribution in [1.29, 1.82) is 5.26 Å². The van der Waals surface area contributed by atoms with Crippen LogP contribution in [0.3, 0.4) is 0 Å². The van der Waals surface area contributed by atoms with Crippen molar-refractivity contribution >= 4 is 5.91 Å². The van der Waals surface area contributed by atoms with Gasteiger partial charge in [-0.25, -0.2) is 0 Å². The normalized spacial score (nSPS) is 20.6. The predicted octanol–water partition coefficient (Wildman–Crippen LogP) is 1.93. The molecule has 1 saturated heterocycles. The lowest BCUT2D eigenvalue weighted by Gasteiger charge is -2.32. The summed E-state index contributed by atoms with van der Waals surface area (Å²) in [6.45, 7) is 3.39. The van der Waals surface area contributed by atoms with Gasteiger partial charge in [0.2, 0.25) is 5.91 Å². The summed E-state index contributed by atoms with van der Waals surface area (Å²) < 4.78 is 5.27. The van der Waals surface area contributed by atoms with E-state index in [-0.39, 0.29) is 11.8 Å². The molecule has 0 aliphatic carbocycles. The third-order valence-electron chi connectivity index (χ3n) is 3.43. The lowest BCUT2D eigenvalue weighted by atomic mass is 9.95. The van der Waals surface area contributed by atoms with E-state index in [1.54, 1.807) is 4.90 Å². The number of nitriles is 1. The van der Waals surface area contributed by atoms with Crippen molar-refractivity contribution in [2.75, 3.05) is 19.7 Å². The molecule has 1 aromatic carbocycles. The summed E-state index contributed by atoms with van der Waals surface area (Å²) in [4.78, 5) is 14.3. The second kappa shape index (κ2) is 6.35. The van der Waals surface area contributed by atoms with Gasteiger partial charge in [-0.15, -0.1) is 0 Å². The maximum absolute atomic E-state index is 12.6. The van der Waals surface area contributed by atoms with Gasteiger partial charge in [-0.1, -0.05) is 37.3 Å². The zero-order valence-corrected chi connectivity index (χ0v) is 11.1. The van der Waals surface area contributed by atoms with Crippen LogP contribution in [0.5, 0.6) is 0 Å². The monoisotopic (exact) mass is 258 g/mol. The number of nitrogens with zero attached hydrogens (tertiary/aromatic N) is 2. The van der Waals surface area contributed by atoms with Crippen molar-refractivity contribution in [2.45, 2.75) is 25.4 Å². The molecule has 19 heavy (non-hydrogen) atoms. The second-order valence-corrected chi connectivity index (χ2v) is 4.64. The van der Waals surface area contributed by atoms with E-state index in [4.69, 9.17) is 10.00 Å². The average Bonchev–Trinajstić information content (AvgIpc) is 2.49. The van der Waals surface area contributed by atoms with Crippen LogP contribution in [-0.2, 0) is 9.53 Å². The summed E-state index contributed by atoms with van der Waals surface area (Å²) in [6, 6.07) is 11.9. The van der Waals surface area contributed by atoms with Gasteiger partial charge in [0.1, 0.15) is 0 Å². The minimum atomic E-state index is -0.494. The summed E-state index contributed by atoms with van der Waals surface area (Å²) in [7, 11) is 0. The Bertz CT molecular complexity index is 467. The molecule has 1 aliphatic heterocycles. The van der Waals surface area contributed by atoms with Crippen LogP contribution in [0.4, 0.5) is 0 Å². The number of hydrogen-bond donors (Lipinski definition) is 0. The fraction of sp³-hybridized carbons (Fsp3) is 0.467. The molecule has 0 radical (unpaired) electrons. The Morgan fingerprint density at radius 3 is 2.89 bits per heavy atom. The fourth-order valence-electron chi connectivity index (χ4n) is 2.39. The Kier molecular flexibility index (Phi) is 4.53. The number of benzene rings is 1. The molecule has 1 aliphatic rings. The minimum absolute atomic E-state index is 0.0947. The topological polar surface area (TPSA) is 53.3 Å². The maximum Gasteiger partial charge on any atom is 0.230 e. The first-order chi connectivity index (χ1) is 9.26. The van der Waals surface area contributed by atoms with E-state index in [0.717, 1.165) is 12.0 Å². The van der Waals surface area contributed by atoms with Gasteiger partial charge < -0.3 is 9.64 Å². The van der Waals surface area contributed by atoms with E-state index in [1.165, 1.54) is 0 Å². The fourth-order valence-corrected chi connectivity index (χ4v) is 2.39. The van der Waals surface area contributed by atoms with Crippen molar-refractivity contribution in [3.8, 4) is 6.07 Å². The van der Waals surface area contributed by atoms with Crippen molar-refractivity contribution in [1.82, 2.24) is 4.90 Å². The molecule has 0 bridgehead atoms. The van der Waals surface area contributed by atoms with Crippen LogP contribution in [0.2, 0.25) is 0 Å². The van der Waals surface area contributed by atoms with Gasteiger partial charge in [-0.05, 0) is 12.0 Å². The molecule has 2 rings (SSSR count). The van der Waals surface area contributed by atoms with Crippen LogP contribution in [0.25, 0.3) is 0 Å². The third kappa shape index (κ3) is 3.12. The molecule has 1 heterocycles. The highest BCUT2D eigenvalue weighted by Crippen LogP contribution is 2.23. The molecule has 4 heteroatoms. The number of hydrogen-bond acceptors (Lipinski definition) is 3. The smallest absolute Gasteiger partial charge is 0.230 e. The van der Waals surface area contributed by atoms with Crippen molar-refractivity contribution in [3.63, 3.8) is 0 Å². The van der Waals surface area contributed by atoms with Crippen LogP contribution in [0.1, 0.15) is 24.8 Å². The molecular formula is C15H18N2O2. The van der Waals surface area contributed by atoms with E-state index in [0.29, 0.717) is 19.7 Å². The van der Waals surface area contributed by atoms with E-state index < -0.39 is 6.10 Å². The Balaban J connectivity index is 2.11. The van der Waals surface area contributed by atoms with Gasteiger partial charge in [-0.3, -0.25) is 4.79 Å². The molecule has 100 valence electrons. The summed E-state index contributed by atoms with van der Waals surface area (Å²) in [5, 5.41) is 8.89. The second-order valence-electron chi connectivity index (χ2n) is 4.64. The number of carbonyl (C=O) groups excluding carboxylic acids is 1. The van der Waals surface area contributed by atoms with Gasteiger partial charge in [0.05, 0.1) is 25.1 Å². The summed E-state index contributed by atoms with van der Waals surface area (Å²) in [5.74, 6) is -0.0316. The Hall–Kier alpha value is -1.86. The molecule has 2 atom stereocenters. The molecule has 4 nitrogen and oxygen atoms in total. The summed E-state index contributed by atoms with van der Waals surface area (Å²) in [6.07, 6.45) is 0.267. The van der Waals surface area contributed by atoms with Crippen molar-refractivity contribution in [3.05, 3.63) is 35.9 Å². The standard InChI is InChI=1S/C15H18N2O2/c1-2-14(12-6-4-3-5-7-12)15(18)17-8-9-19-13(10-16)11-17/h3-7,13-14H,2,8-9,11H2,1H3. The van der Waals surface area contributed by atoms with Gasteiger partial charge in [0, 0.05) is 6.54 Å². The van der Waals surface area contributed by atoms with Crippen LogP contribution >= 0.6 is 0 Å². The molecule has 0 N–H and O–H groups in total. The lowest BCUT2D eigenvalue weighted by molar-refractivity contribution is -0.138. The van der Waals surface area contributed by atoms with Gasteiger partial charge in [0.25, 0.3) is 0 Å². The maximum atomic E-state index is 12.6. The minimum Gasteiger partial charge on any atom is -0.360 e. The van der Waals surface area contributed by atoms with E-state index in [2.05, 4.69) is 6.07 Å². The average molecular weight is 258 g/mol. The number of morpholine rings is 1. The molecule has 0 saturated carbocycles. The van der Waals surface area contributed by atoms with Gasteiger partial charge in [0.15, 0.2) is 6.10 Å². The molecular weight excluding hydrogens is 240 g/mol. The first-order valence-electron chi connectivity index (χ1n) is 6.61. The Labute approximate surface area is 113 Å². The molecule has 0 aromatic heterocycles. The van der Waals surface area contributed by atoms with E-state index in [1.807, 2.05) is 37.3 Å². The predicted molar refractivity (Wildman–Crippen MR) is 71.4 cm³/mol. The van der Waals surface area contributed by atoms with Crippen LogP contribution in [-0.4, -0.2) is 36.6 Å². The van der Waals surface area contributed by atoms with Crippen LogP contribution in [0, 0.1) is 11.3 Å². The molecule has 1 fully saturated rings.